The predicted octanol–water partition coefficient (Wildman–Crippen LogP) is 1.92. The molecule has 0 spiro atoms. The van der Waals surface area contributed by atoms with Crippen molar-refractivity contribution in [3.05, 3.63) is 23.8 Å². The van der Waals surface area contributed by atoms with Crippen LogP contribution in [0.1, 0.15) is 44.0 Å². The summed E-state index contributed by atoms with van der Waals surface area (Å²) in [7, 11) is 1.84. The van der Waals surface area contributed by atoms with Crippen molar-refractivity contribution >= 4 is 5.97 Å². The van der Waals surface area contributed by atoms with Gasteiger partial charge in [0.1, 0.15) is 0 Å². The summed E-state index contributed by atoms with van der Waals surface area (Å²) in [4.78, 5) is 20.3. The molecule has 2 aromatic heterocycles. The second-order valence-corrected chi connectivity index (χ2v) is 6.63. The maximum absolute atomic E-state index is 11.2. The van der Waals surface area contributed by atoms with Gasteiger partial charge in [-0.25, -0.2) is 9.97 Å². The highest BCUT2D eigenvalue weighted by Crippen LogP contribution is 2.30. The predicted molar refractivity (Wildman–Crippen MR) is 95.5 cm³/mol. The van der Waals surface area contributed by atoms with Crippen LogP contribution in [0, 0.1) is 5.92 Å². The molecule has 2 heterocycles. The Morgan fingerprint density at radius 1 is 1.42 bits per heavy atom. The van der Waals surface area contributed by atoms with Gasteiger partial charge in [-0.1, -0.05) is 6.92 Å². The molecule has 1 aliphatic carbocycles. The third-order valence-electron chi connectivity index (χ3n) is 4.93. The van der Waals surface area contributed by atoms with Gasteiger partial charge in [-0.05, 0) is 32.1 Å². The number of aromatic nitrogens is 4. The minimum Gasteiger partial charge on any atom is -0.487 e. The number of aliphatic carboxylic acids is 1. The quantitative estimate of drug-likeness (QED) is 0.809. The van der Waals surface area contributed by atoms with Gasteiger partial charge < -0.3 is 15.6 Å². The first-order valence-corrected chi connectivity index (χ1v) is 9.00. The van der Waals surface area contributed by atoms with E-state index in [9.17, 15) is 9.90 Å². The second-order valence-electron chi connectivity index (χ2n) is 6.63. The fraction of sp³-hybridized carbons (Fsp3) is 0.556. The molecule has 140 valence electrons. The van der Waals surface area contributed by atoms with Crippen LogP contribution in [-0.2, 0) is 24.8 Å². The third kappa shape index (κ3) is 3.70. The molecular formula is C18H25N5O3. The molecule has 0 saturated heterocycles. The molecule has 0 bridgehead atoms. The fourth-order valence-corrected chi connectivity index (χ4v) is 3.44. The number of aryl methyl sites for hydroxylation is 2. The Hall–Kier alpha value is -2.48. The van der Waals surface area contributed by atoms with Crippen LogP contribution in [0.15, 0.2) is 12.4 Å². The van der Waals surface area contributed by atoms with Gasteiger partial charge in [0.25, 0.3) is 0 Å². The number of nitrogens with two attached hydrogens (primary N) is 1. The molecule has 2 atom stereocenters. The van der Waals surface area contributed by atoms with Crippen LogP contribution in [0.2, 0.25) is 0 Å². The molecule has 26 heavy (non-hydrogen) atoms. The molecule has 0 aliphatic heterocycles. The van der Waals surface area contributed by atoms with E-state index in [1.165, 1.54) is 0 Å². The Morgan fingerprint density at radius 3 is 2.92 bits per heavy atom. The Kier molecular flexibility index (Phi) is 5.51. The van der Waals surface area contributed by atoms with Crippen LogP contribution in [-0.4, -0.2) is 36.9 Å². The first-order chi connectivity index (χ1) is 12.5. The number of nitrogens with zero attached hydrogens (tertiary/aromatic N) is 4. The van der Waals surface area contributed by atoms with Crippen LogP contribution in [0.25, 0.3) is 11.4 Å². The highest BCUT2D eigenvalue weighted by atomic mass is 16.5. The lowest BCUT2D eigenvalue weighted by atomic mass is 9.87. The van der Waals surface area contributed by atoms with Crippen molar-refractivity contribution < 1.29 is 14.6 Å². The summed E-state index contributed by atoms with van der Waals surface area (Å²) in [5.74, 6) is 0.133. The van der Waals surface area contributed by atoms with E-state index < -0.39 is 5.97 Å². The van der Waals surface area contributed by atoms with Crippen molar-refractivity contribution in [3.8, 4) is 17.1 Å². The number of rotatable bonds is 6. The van der Waals surface area contributed by atoms with E-state index in [-0.39, 0.29) is 12.0 Å². The highest BCUT2D eigenvalue weighted by Gasteiger charge is 2.28. The van der Waals surface area contributed by atoms with Crippen LogP contribution in [0.3, 0.4) is 0 Å². The van der Waals surface area contributed by atoms with Crippen molar-refractivity contribution in [1.82, 2.24) is 19.7 Å². The number of ether oxygens (including phenoxy) is 1. The minimum absolute atomic E-state index is 0.109. The van der Waals surface area contributed by atoms with Crippen molar-refractivity contribution in [2.75, 3.05) is 0 Å². The monoisotopic (exact) mass is 359 g/mol. The van der Waals surface area contributed by atoms with Gasteiger partial charge in [0.2, 0.25) is 0 Å². The number of hydrogen-bond donors (Lipinski definition) is 2. The van der Waals surface area contributed by atoms with E-state index in [1.807, 2.05) is 14.0 Å². The molecule has 3 rings (SSSR count). The van der Waals surface area contributed by atoms with E-state index in [1.54, 1.807) is 17.1 Å². The van der Waals surface area contributed by atoms with Gasteiger partial charge in [-0.15, -0.1) is 0 Å². The fourth-order valence-electron chi connectivity index (χ4n) is 3.44. The van der Waals surface area contributed by atoms with Crippen LogP contribution >= 0.6 is 0 Å². The molecule has 1 saturated carbocycles. The van der Waals surface area contributed by atoms with Crippen molar-refractivity contribution in [2.24, 2.45) is 18.7 Å². The Bertz CT molecular complexity index is 789. The lowest BCUT2D eigenvalue weighted by Gasteiger charge is -2.27. The van der Waals surface area contributed by atoms with E-state index in [4.69, 9.17) is 10.5 Å². The molecule has 2 aromatic rings. The van der Waals surface area contributed by atoms with Crippen molar-refractivity contribution in [3.63, 3.8) is 0 Å². The largest absolute Gasteiger partial charge is 0.487 e. The zero-order chi connectivity index (χ0) is 18.7. The van der Waals surface area contributed by atoms with Gasteiger partial charge in [0, 0.05) is 13.6 Å². The molecule has 0 aromatic carbocycles. The smallest absolute Gasteiger partial charge is 0.306 e. The average molecular weight is 359 g/mol. The van der Waals surface area contributed by atoms with Gasteiger partial charge in [-0.2, -0.15) is 5.10 Å². The lowest BCUT2D eigenvalue weighted by molar-refractivity contribution is -0.143. The summed E-state index contributed by atoms with van der Waals surface area (Å²) in [6.45, 7) is 2.36. The number of carboxylic acids is 1. The summed E-state index contributed by atoms with van der Waals surface area (Å²) >= 11 is 0. The molecular weight excluding hydrogens is 334 g/mol. The van der Waals surface area contributed by atoms with Gasteiger partial charge in [0.05, 0.1) is 41.4 Å². The summed E-state index contributed by atoms with van der Waals surface area (Å²) < 4.78 is 7.80. The van der Waals surface area contributed by atoms with Gasteiger partial charge in [-0.3, -0.25) is 9.48 Å². The van der Waals surface area contributed by atoms with Crippen LogP contribution in [0.5, 0.6) is 5.75 Å². The van der Waals surface area contributed by atoms with Crippen LogP contribution < -0.4 is 10.5 Å². The molecule has 3 N–H and O–H groups in total. The van der Waals surface area contributed by atoms with Crippen molar-refractivity contribution in [2.45, 2.75) is 51.7 Å². The summed E-state index contributed by atoms with van der Waals surface area (Å²) in [5, 5.41) is 13.5. The molecule has 8 nitrogen and oxygen atoms in total. The van der Waals surface area contributed by atoms with E-state index in [0.717, 1.165) is 29.8 Å². The Morgan fingerprint density at radius 2 is 2.23 bits per heavy atom. The standard InChI is InChI=1S/C18H25N5O3/c1-3-14-16(26-12-6-4-5-11(7-12)18(24)25)10-20-17(22-14)13-9-21-23(2)15(13)8-19/h9-12H,3-8,19H2,1-2H3,(H,24,25)/t11-,12?/m0/s1. The SMILES string of the molecule is CCc1nc(-c2cnn(C)c2CN)ncc1OC1CCC[C@H](C(=O)O)C1. The number of carbonyl (C=O) groups is 1. The normalized spacial score (nSPS) is 20.1. The second kappa shape index (κ2) is 7.82. The maximum Gasteiger partial charge on any atom is 0.306 e. The topological polar surface area (TPSA) is 116 Å². The third-order valence-corrected chi connectivity index (χ3v) is 4.93. The van der Waals surface area contributed by atoms with Crippen LogP contribution in [0.4, 0.5) is 0 Å². The average Bonchev–Trinajstić information content (AvgIpc) is 3.02. The Labute approximate surface area is 152 Å². The van der Waals surface area contributed by atoms with E-state index in [0.29, 0.717) is 37.4 Å². The minimum atomic E-state index is -0.744. The van der Waals surface area contributed by atoms with E-state index >= 15 is 0 Å². The Balaban J connectivity index is 1.82. The molecule has 1 aliphatic rings. The molecule has 0 amide bonds. The summed E-state index contributed by atoms with van der Waals surface area (Å²) in [5.41, 5.74) is 8.30. The molecule has 1 fully saturated rings. The van der Waals surface area contributed by atoms with E-state index in [2.05, 4.69) is 15.1 Å². The summed E-state index contributed by atoms with van der Waals surface area (Å²) in [6.07, 6.45) is 6.94. The first-order valence-electron chi connectivity index (χ1n) is 9.00. The highest BCUT2D eigenvalue weighted by molar-refractivity contribution is 5.70. The van der Waals surface area contributed by atoms with Crippen molar-refractivity contribution in [1.29, 1.82) is 0 Å². The van der Waals surface area contributed by atoms with Gasteiger partial charge in [0.15, 0.2) is 11.6 Å². The molecule has 1 unspecified atom stereocenters. The zero-order valence-electron chi connectivity index (χ0n) is 15.2. The number of hydrogen-bond acceptors (Lipinski definition) is 6. The zero-order valence-corrected chi connectivity index (χ0v) is 15.2. The molecule has 8 heteroatoms. The summed E-state index contributed by atoms with van der Waals surface area (Å²) in [6, 6.07) is 0. The first kappa shape index (κ1) is 18.3. The number of carboxylic acid groups (broad SMARTS) is 1. The maximum atomic E-state index is 11.2. The molecule has 0 radical (unpaired) electrons. The lowest BCUT2D eigenvalue weighted by Crippen LogP contribution is -2.29. The van der Waals surface area contributed by atoms with Gasteiger partial charge >= 0.3 is 5.97 Å².